The molecule has 1 saturated carbocycles. The molecule has 0 spiro atoms. The second-order valence-electron chi connectivity index (χ2n) is 3.95. The van der Waals surface area contributed by atoms with Crippen molar-refractivity contribution in [3.8, 4) is 0 Å². The van der Waals surface area contributed by atoms with E-state index in [-0.39, 0.29) is 5.41 Å². The van der Waals surface area contributed by atoms with Crippen LogP contribution in [0.1, 0.15) is 45.4 Å². The summed E-state index contributed by atoms with van der Waals surface area (Å²) in [5.41, 5.74) is 5.53. The fourth-order valence-electron chi connectivity index (χ4n) is 2.11. The van der Waals surface area contributed by atoms with Crippen molar-refractivity contribution >= 4 is 5.78 Å². The van der Waals surface area contributed by atoms with E-state index in [1.165, 1.54) is 25.7 Å². The molecule has 2 N–H and O–H groups in total. The number of hydrogen-bond acceptors (Lipinski definition) is 2. The van der Waals surface area contributed by atoms with Crippen LogP contribution in [0.15, 0.2) is 0 Å². The van der Waals surface area contributed by atoms with E-state index in [1.54, 1.807) is 6.92 Å². The molecule has 0 radical (unpaired) electrons. The highest BCUT2D eigenvalue weighted by Crippen LogP contribution is 2.34. The average Bonchev–Trinajstić information content (AvgIpc) is 2.29. The van der Waals surface area contributed by atoms with Crippen molar-refractivity contribution in [2.24, 2.45) is 11.1 Å². The molecule has 2 heteroatoms. The standard InChI is InChI=1S/C10H19NO/c1-9(12)10(8-11)6-4-2-3-5-7-10/h2-8,11H2,1H3. The van der Waals surface area contributed by atoms with Gasteiger partial charge in [-0.2, -0.15) is 0 Å². The number of Topliss-reactive ketones (excluding diaryl/α,β-unsaturated/α-hetero) is 1. The average molecular weight is 169 g/mol. The Morgan fingerprint density at radius 3 is 2.08 bits per heavy atom. The monoisotopic (exact) mass is 169 g/mol. The Bertz CT molecular complexity index is 157. The molecule has 0 aliphatic heterocycles. The van der Waals surface area contributed by atoms with E-state index in [4.69, 9.17) is 5.73 Å². The van der Waals surface area contributed by atoms with Crippen molar-refractivity contribution in [1.29, 1.82) is 0 Å². The Kier molecular flexibility index (Phi) is 3.27. The van der Waals surface area contributed by atoms with Gasteiger partial charge in [0.1, 0.15) is 5.78 Å². The molecule has 70 valence electrons. The minimum Gasteiger partial charge on any atom is -0.329 e. The van der Waals surface area contributed by atoms with Gasteiger partial charge in [-0.25, -0.2) is 0 Å². The summed E-state index contributed by atoms with van der Waals surface area (Å²) >= 11 is 0. The summed E-state index contributed by atoms with van der Waals surface area (Å²) in [4.78, 5) is 11.4. The molecule has 0 aromatic carbocycles. The Hall–Kier alpha value is -0.370. The molecule has 0 unspecified atom stereocenters. The van der Waals surface area contributed by atoms with E-state index in [2.05, 4.69) is 0 Å². The zero-order valence-corrected chi connectivity index (χ0v) is 7.94. The first-order chi connectivity index (χ1) is 5.71. The van der Waals surface area contributed by atoms with Crippen LogP contribution in [0.3, 0.4) is 0 Å². The van der Waals surface area contributed by atoms with E-state index in [1.807, 2.05) is 0 Å². The van der Waals surface area contributed by atoms with Crippen LogP contribution in [0.2, 0.25) is 0 Å². The molecule has 0 aromatic heterocycles. The van der Waals surface area contributed by atoms with E-state index < -0.39 is 0 Å². The van der Waals surface area contributed by atoms with Gasteiger partial charge in [-0.05, 0) is 19.8 Å². The minimum atomic E-state index is -0.156. The van der Waals surface area contributed by atoms with Gasteiger partial charge >= 0.3 is 0 Å². The zero-order valence-electron chi connectivity index (χ0n) is 7.94. The highest BCUT2D eigenvalue weighted by Gasteiger charge is 2.33. The first-order valence-electron chi connectivity index (χ1n) is 4.92. The Morgan fingerprint density at radius 2 is 1.75 bits per heavy atom. The zero-order chi connectivity index (χ0) is 9.03. The van der Waals surface area contributed by atoms with Gasteiger partial charge in [0.25, 0.3) is 0 Å². The molecule has 0 bridgehead atoms. The van der Waals surface area contributed by atoms with E-state index in [0.29, 0.717) is 12.3 Å². The number of carbonyl (C=O) groups excluding carboxylic acids is 1. The molecule has 12 heavy (non-hydrogen) atoms. The van der Waals surface area contributed by atoms with Crippen LogP contribution < -0.4 is 5.73 Å². The third-order valence-corrected chi connectivity index (χ3v) is 3.20. The quantitative estimate of drug-likeness (QED) is 0.641. The van der Waals surface area contributed by atoms with Crippen LogP contribution in [-0.4, -0.2) is 12.3 Å². The van der Waals surface area contributed by atoms with E-state index in [0.717, 1.165) is 12.8 Å². The number of hydrogen-bond donors (Lipinski definition) is 1. The molecular formula is C10H19NO. The molecule has 0 saturated heterocycles. The van der Waals surface area contributed by atoms with Crippen molar-refractivity contribution < 1.29 is 4.79 Å². The Labute approximate surface area is 74.5 Å². The number of rotatable bonds is 2. The largest absolute Gasteiger partial charge is 0.329 e. The normalized spacial score (nSPS) is 23.2. The first kappa shape index (κ1) is 9.72. The van der Waals surface area contributed by atoms with Crippen LogP contribution in [0.25, 0.3) is 0 Å². The molecule has 2 nitrogen and oxygen atoms in total. The van der Waals surface area contributed by atoms with Crippen molar-refractivity contribution in [2.45, 2.75) is 45.4 Å². The summed E-state index contributed by atoms with van der Waals surface area (Å²) in [6.07, 6.45) is 6.93. The lowest BCUT2D eigenvalue weighted by Gasteiger charge is -2.27. The predicted octanol–water partition coefficient (Wildman–Crippen LogP) is 1.87. The van der Waals surface area contributed by atoms with E-state index >= 15 is 0 Å². The third-order valence-electron chi connectivity index (χ3n) is 3.20. The van der Waals surface area contributed by atoms with Crippen molar-refractivity contribution in [1.82, 2.24) is 0 Å². The smallest absolute Gasteiger partial charge is 0.137 e. The van der Waals surface area contributed by atoms with Crippen LogP contribution in [0, 0.1) is 5.41 Å². The lowest BCUT2D eigenvalue weighted by Crippen LogP contribution is -2.36. The highest BCUT2D eigenvalue weighted by atomic mass is 16.1. The van der Waals surface area contributed by atoms with Gasteiger partial charge in [-0.15, -0.1) is 0 Å². The fraction of sp³-hybridized carbons (Fsp3) is 0.900. The lowest BCUT2D eigenvalue weighted by molar-refractivity contribution is -0.126. The predicted molar refractivity (Wildman–Crippen MR) is 49.9 cm³/mol. The Balaban J connectivity index is 2.68. The van der Waals surface area contributed by atoms with Gasteiger partial charge in [0.2, 0.25) is 0 Å². The molecule has 1 fully saturated rings. The van der Waals surface area contributed by atoms with Gasteiger partial charge < -0.3 is 5.73 Å². The topological polar surface area (TPSA) is 43.1 Å². The molecule has 0 amide bonds. The highest BCUT2D eigenvalue weighted by molar-refractivity contribution is 5.82. The fourth-order valence-corrected chi connectivity index (χ4v) is 2.11. The van der Waals surface area contributed by atoms with Crippen LogP contribution in [0.5, 0.6) is 0 Å². The second-order valence-corrected chi connectivity index (χ2v) is 3.95. The maximum Gasteiger partial charge on any atom is 0.137 e. The van der Waals surface area contributed by atoms with Crippen molar-refractivity contribution in [3.63, 3.8) is 0 Å². The molecule has 1 rings (SSSR count). The number of ketones is 1. The van der Waals surface area contributed by atoms with Gasteiger partial charge in [0.05, 0.1) is 0 Å². The van der Waals surface area contributed by atoms with Crippen LogP contribution in [0.4, 0.5) is 0 Å². The van der Waals surface area contributed by atoms with Crippen molar-refractivity contribution in [3.05, 3.63) is 0 Å². The number of carbonyl (C=O) groups is 1. The summed E-state index contributed by atoms with van der Waals surface area (Å²) < 4.78 is 0. The molecular weight excluding hydrogens is 150 g/mol. The lowest BCUT2D eigenvalue weighted by atomic mass is 9.77. The van der Waals surface area contributed by atoms with Crippen LogP contribution >= 0.6 is 0 Å². The Morgan fingerprint density at radius 1 is 1.25 bits per heavy atom. The maximum atomic E-state index is 11.4. The van der Waals surface area contributed by atoms with Gasteiger partial charge in [-0.3, -0.25) is 4.79 Å². The van der Waals surface area contributed by atoms with E-state index in [9.17, 15) is 4.79 Å². The van der Waals surface area contributed by atoms with Crippen molar-refractivity contribution in [2.75, 3.05) is 6.54 Å². The summed E-state index contributed by atoms with van der Waals surface area (Å²) in [7, 11) is 0. The van der Waals surface area contributed by atoms with Crippen LogP contribution in [-0.2, 0) is 4.79 Å². The SMILES string of the molecule is CC(=O)C1(CN)CCCCCC1. The van der Waals surface area contributed by atoms with Gasteiger partial charge in [-0.1, -0.05) is 25.7 Å². The third kappa shape index (κ3) is 1.86. The summed E-state index contributed by atoms with van der Waals surface area (Å²) in [6, 6.07) is 0. The molecule has 0 aromatic rings. The molecule has 0 heterocycles. The molecule has 0 atom stereocenters. The van der Waals surface area contributed by atoms with Gasteiger partial charge in [0.15, 0.2) is 0 Å². The second kappa shape index (κ2) is 4.04. The molecule has 1 aliphatic rings. The van der Waals surface area contributed by atoms with Gasteiger partial charge in [0, 0.05) is 12.0 Å². The number of nitrogens with two attached hydrogens (primary N) is 1. The summed E-state index contributed by atoms with van der Waals surface area (Å²) in [5.74, 6) is 0.298. The first-order valence-corrected chi connectivity index (χ1v) is 4.92. The maximum absolute atomic E-state index is 11.4. The minimum absolute atomic E-state index is 0.156. The molecule has 1 aliphatic carbocycles. The summed E-state index contributed by atoms with van der Waals surface area (Å²) in [6.45, 7) is 2.24. The summed E-state index contributed by atoms with van der Waals surface area (Å²) in [5, 5.41) is 0.